The average Bonchev–Trinajstić information content (AvgIpc) is 3.71. The van der Waals surface area contributed by atoms with Gasteiger partial charge in [0.25, 0.3) is 0 Å². The van der Waals surface area contributed by atoms with Crippen molar-refractivity contribution in [3.8, 4) is 78.6 Å². The highest BCUT2D eigenvalue weighted by Crippen LogP contribution is 2.43. The first kappa shape index (κ1) is 24.6. The van der Waals surface area contributed by atoms with E-state index in [0.29, 0.717) is 61.5 Å². The van der Waals surface area contributed by atoms with Gasteiger partial charge in [0.05, 0.1) is 37.6 Å². The summed E-state index contributed by atoms with van der Waals surface area (Å²) in [5.41, 5.74) is 4.74. The summed E-state index contributed by atoms with van der Waals surface area (Å²) in [5, 5.41) is 11.5. The molecule has 0 bridgehead atoms. The zero-order valence-corrected chi connectivity index (χ0v) is 32.0. The molecule has 0 aliphatic heterocycles. The third-order valence-corrected chi connectivity index (χ3v) is 10.2. The molecule has 0 unspecified atom stereocenters. The van der Waals surface area contributed by atoms with Crippen LogP contribution in [0.25, 0.3) is 83.9 Å². The van der Waals surface area contributed by atoms with Gasteiger partial charge >= 0.3 is 0 Å². The van der Waals surface area contributed by atoms with Crippen molar-refractivity contribution in [1.82, 2.24) is 14.5 Å². The number of aryl methyl sites for hydroxylation is 1. The Morgan fingerprint density at radius 1 is 0.586 bits per heavy atom. The van der Waals surface area contributed by atoms with Crippen molar-refractivity contribution in [2.45, 2.75) is 39.9 Å². The molecule has 58 heavy (non-hydrogen) atoms. The van der Waals surface area contributed by atoms with Gasteiger partial charge in [0.15, 0.2) is 0 Å². The number of phenols is 1. The van der Waals surface area contributed by atoms with E-state index in [1.807, 2.05) is 116 Å². The van der Waals surface area contributed by atoms with Crippen molar-refractivity contribution in [2.75, 3.05) is 0 Å². The second kappa shape index (κ2) is 14.8. The molecule has 0 saturated heterocycles. The Morgan fingerprint density at radius 2 is 1.28 bits per heavy atom. The van der Waals surface area contributed by atoms with Gasteiger partial charge in [0.2, 0.25) is 0 Å². The Kier molecular flexibility index (Phi) is 6.27. The summed E-state index contributed by atoms with van der Waals surface area (Å²) in [4.78, 5) is 9.73. The second-order valence-electron chi connectivity index (χ2n) is 15.1. The van der Waals surface area contributed by atoms with Crippen LogP contribution in [0.1, 0.15) is 55.3 Å². The Hall–Kier alpha value is -7.04. The van der Waals surface area contributed by atoms with E-state index in [4.69, 9.17) is 21.4 Å². The van der Waals surface area contributed by atoms with E-state index in [2.05, 4.69) is 4.98 Å². The molecule has 9 rings (SSSR count). The number of rotatable bonds is 7. The summed E-state index contributed by atoms with van der Waals surface area (Å²) in [7, 11) is 0. The first-order valence-corrected chi connectivity index (χ1v) is 18.8. The zero-order chi connectivity index (χ0) is 51.1. The van der Waals surface area contributed by atoms with Gasteiger partial charge in [0, 0.05) is 31.1 Å². The van der Waals surface area contributed by atoms with Crippen LogP contribution in [0.15, 0.2) is 176 Å². The maximum atomic E-state index is 11.5. The molecule has 9 aromatic rings. The molecular weight excluding hydrogens is 707 g/mol. The Morgan fingerprint density at radius 3 is 1.98 bits per heavy atom. The topological polar surface area (TPSA) is 50.9 Å². The third kappa shape index (κ3) is 6.88. The number of imidazole rings is 1. The second-order valence-corrected chi connectivity index (χ2v) is 15.1. The molecule has 0 spiro atoms. The van der Waals surface area contributed by atoms with Crippen LogP contribution in [0.4, 0.5) is 0 Å². The molecule has 4 nitrogen and oxygen atoms in total. The van der Waals surface area contributed by atoms with Crippen molar-refractivity contribution in [1.29, 1.82) is 0 Å². The van der Waals surface area contributed by atoms with Crippen molar-refractivity contribution < 1.29 is 22.9 Å². The van der Waals surface area contributed by atoms with E-state index in [9.17, 15) is 6.48 Å². The predicted octanol–water partition coefficient (Wildman–Crippen LogP) is 14.0. The highest BCUT2D eigenvalue weighted by Gasteiger charge is 2.24. The van der Waals surface area contributed by atoms with E-state index in [1.165, 1.54) is 0 Å². The van der Waals surface area contributed by atoms with Crippen LogP contribution in [0.2, 0.25) is 0 Å². The van der Waals surface area contributed by atoms with Crippen LogP contribution in [-0.4, -0.2) is 19.6 Å². The van der Waals surface area contributed by atoms with Crippen LogP contribution in [0.5, 0.6) is 5.75 Å². The van der Waals surface area contributed by atoms with Gasteiger partial charge in [-0.25, -0.2) is 4.98 Å². The summed E-state index contributed by atoms with van der Waals surface area (Å²) in [6.07, 6.45) is -0.604. The number of para-hydroxylation sites is 2. The van der Waals surface area contributed by atoms with Crippen molar-refractivity contribution >= 4 is 11.0 Å². The standard InChI is InChI=1S/C54H45N3O/c1-35-23-25-37(26-24-35)40-27-28-55-48(33-40)42-30-41(31-43(32-42)54(3,4)5)44-20-14-21-49-52(44)56-53(45-19-12-13-22-51(45)58)57(49)50-34-46(38-15-8-6-9-16-38)36(2)29-47(50)39-17-10-7-11-18-39/h6-34,58H,1-5H3/i1D3,2D3,23D,24D,25D,26D,27D,28D,33D. The molecule has 0 fully saturated rings. The number of hydrogen-bond acceptors (Lipinski definition) is 3. The van der Waals surface area contributed by atoms with E-state index >= 15 is 0 Å². The van der Waals surface area contributed by atoms with Gasteiger partial charge in [-0.3, -0.25) is 9.55 Å². The molecule has 2 heterocycles. The molecule has 1 N–H and O–H groups in total. The number of nitrogens with zero attached hydrogens (tertiary/aromatic N) is 3. The molecule has 0 amide bonds. The number of hydrogen-bond donors (Lipinski definition) is 1. The molecule has 4 heteroatoms. The van der Waals surface area contributed by atoms with E-state index < -0.39 is 78.2 Å². The third-order valence-electron chi connectivity index (χ3n) is 10.2. The Labute approximate surface area is 359 Å². The highest BCUT2D eigenvalue weighted by molar-refractivity contribution is 5.98. The van der Waals surface area contributed by atoms with Gasteiger partial charge in [-0.2, -0.15) is 0 Å². The lowest BCUT2D eigenvalue weighted by Crippen LogP contribution is -2.11. The van der Waals surface area contributed by atoms with Crippen LogP contribution < -0.4 is 0 Å². The number of pyridine rings is 1. The number of aromatic hydroxyl groups is 1. The molecule has 0 aliphatic rings. The molecule has 7 aromatic carbocycles. The van der Waals surface area contributed by atoms with E-state index in [-0.39, 0.29) is 17.0 Å². The minimum absolute atomic E-state index is 0.0463. The highest BCUT2D eigenvalue weighted by atomic mass is 16.3. The normalized spacial score (nSPS) is 15.3. The summed E-state index contributed by atoms with van der Waals surface area (Å²) >= 11 is 0. The van der Waals surface area contributed by atoms with Crippen LogP contribution in [0, 0.1) is 13.7 Å². The van der Waals surface area contributed by atoms with Crippen molar-refractivity contribution in [3.63, 3.8) is 0 Å². The smallest absolute Gasteiger partial charge is 0.149 e. The summed E-state index contributed by atoms with van der Waals surface area (Å²) in [6, 6.07) is 36.0. The number of fused-ring (bicyclic) bond motifs is 1. The van der Waals surface area contributed by atoms with Gasteiger partial charge in [0.1, 0.15) is 11.6 Å². The summed E-state index contributed by atoms with van der Waals surface area (Å²) in [6.45, 7) is 0.510. The maximum absolute atomic E-state index is 11.5. The quantitative estimate of drug-likeness (QED) is 0.176. The predicted molar refractivity (Wildman–Crippen MR) is 241 cm³/mol. The number of phenolic OH excluding ortho intramolecular Hbond substituents is 1. The minimum atomic E-state index is -2.99. The molecule has 0 aliphatic carbocycles. The molecule has 0 radical (unpaired) electrons. The summed E-state index contributed by atoms with van der Waals surface area (Å²) in [5.74, 6) is 0.305. The monoisotopic (exact) mass is 764 g/mol. The maximum Gasteiger partial charge on any atom is 0.149 e. The van der Waals surface area contributed by atoms with E-state index in [1.54, 1.807) is 42.5 Å². The van der Waals surface area contributed by atoms with Gasteiger partial charge in [-0.1, -0.05) is 141 Å². The first-order valence-electron chi connectivity index (χ1n) is 25.3. The average molecular weight is 765 g/mol. The molecule has 0 atom stereocenters. The fourth-order valence-corrected chi connectivity index (χ4v) is 7.27. The molecule has 282 valence electrons. The summed E-state index contributed by atoms with van der Waals surface area (Å²) < 4.78 is 114. The number of aromatic nitrogens is 3. The SMILES string of the molecule is [2H]c1nc(-c2cc(-c3cccc4c3nc(-c3ccccc3O)n4-c3cc(-c4ccccc4)c(C([2H])([2H])[2H])cc3-c3ccccc3)cc(C(C)(C)C)c2)c([2H])c(-c2c([2H])c([2H])c(C([2H])([2H])[2H])c([2H])c2[2H])c1[2H]. The minimum Gasteiger partial charge on any atom is -0.507 e. The van der Waals surface area contributed by atoms with Crippen molar-refractivity contribution in [2.24, 2.45) is 0 Å². The fraction of sp³-hybridized carbons (Fsp3) is 0.111. The van der Waals surface area contributed by atoms with Gasteiger partial charge < -0.3 is 5.11 Å². The largest absolute Gasteiger partial charge is 0.507 e. The lowest BCUT2D eigenvalue weighted by atomic mass is 9.83. The Bertz CT molecular complexity index is 3550. The zero-order valence-electron chi connectivity index (χ0n) is 45.0. The van der Waals surface area contributed by atoms with Gasteiger partial charge in [-0.05, 0) is 118 Å². The van der Waals surface area contributed by atoms with E-state index in [0.717, 1.165) is 11.1 Å². The van der Waals surface area contributed by atoms with Crippen molar-refractivity contribution in [3.05, 3.63) is 193 Å². The lowest BCUT2D eigenvalue weighted by Gasteiger charge is -2.22. The number of benzene rings is 7. The molecule has 0 saturated carbocycles. The fourth-order valence-electron chi connectivity index (χ4n) is 7.27. The van der Waals surface area contributed by atoms with Crippen LogP contribution >= 0.6 is 0 Å². The van der Waals surface area contributed by atoms with Gasteiger partial charge in [-0.15, -0.1) is 0 Å². The van der Waals surface area contributed by atoms with Crippen LogP contribution in [-0.2, 0) is 5.41 Å². The lowest BCUT2D eigenvalue weighted by molar-refractivity contribution is 0.477. The Balaban J connectivity index is 1.35. The first-order chi connectivity index (χ1) is 33.5. The van der Waals surface area contributed by atoms with Crippen LogP contribution in [0.3, 0.4) is 0 Å². The molecule has 2 aromatic heterocycles. The molecular formula is C54H45N3O.